The second kappa shape index (κ2) is 6.36. The van der Waals surface area contributed by atoms with Crippen molar-refractivity contribution in [3.8, 4) is 0 Å². The number of ether oxygens (including phenoxy) is 1. The molecule has 0 bridgehead atoms. The molecule has 0 radical (unpaired) electrons. The normalized spacial score (nSPS) is 16.2. The fourth-order valence-corrected chi connectivity index (χ4v) is 2.07. The molecule has 1 saturated heterocycles. The van der Waals surface area contributed by atoms with Crippen molar-refractivity contribution < 1.29 is 9.53 Å². The van der Waals surface area contributed by atoms with Crippen molar-refractivity contribution >= 4 is 12.0 Å². The van der Waals surface area contributed by atoms with Gasteiger partial charge in [-0.1, -0.05) is 0 Å². The average molecular weight is 264 g/mol. The number of carbonyl (C=O) groups is 1. The second-order valence-corrected chi connectivity index (χ2v) is 4.69. The van der Waals surface area contributed by atoms with Crippen LogP contribution in [0.15, 0.2) is 12.4 Å². The van der Waals surface area contributed by atoms with Gasteiger partial charge in [-0.25, -0.2) is 14.8 Å². The highest BCUT2D eigenvalue weighted by atomic mass is 16.6. The van der Waals surface area contributed by atoms with Crippen LogP contribution in [-0.4, -0.2) is 46.7 Å². The Morgan fingerprint density at radius 3 is 2.63 bits per heavy atom. The molecule has 1 amide bonds. The number of hydrogen-bond acceptors (Lipinski definition) is 5. The summed E-state index contributed by atoms with van der Waals surface area (Å²) in [6, 6.07) is 0.313. The molecule has 2 rings (SSSR count). The molecular formula is C13H20N4O2. The monoisotopic (exact) mass is 264 g/mol. The van der Waals surface area contributed by atoms with Crippen molar-refractivity contribution in [3.63, 3.8) is 0 Å². The van der Waals surface area contributed by atoms with Gasteiger partial charge in [0.1, 0.15) is 0 Å². The first-order chi connectivity index (χ1) is 9.19. The zero-order valence-electron chi connectivity index (χ0n) is 11.4. The van der Waals surface area contributed by atoms with Gasteiger partial charge in [-0.05, 0) is 32.3 Å². The number of nitrogens with zero attached hydrogens (tertiary/aromatic N) is 3. The lowest BCUT2D eigenvalue weighted by molar-refractivity contribution is 0.0983. The lowest BCUT2D eigenvalue weighted by atomic mass is 10.1. The highest BCUT2D eigenvalue weighted by Crippen LogP contribution is 2.14. The van der Waals surface area contributed by atoms with E-state index in [1.807, 2.05) is 13.8 Å². The minimum absolute atomic E-state index is 0.215. The molecule has 2 heterocycles. The molecule has 0 aromatic carbocycles. The zero-order chi connectivity index (χ0) is 13.7. The van der Waals surface area contributed by atoms with Crippen LogP contribution in [0.5, 0.6) is 0 Å². The summed E-state index contributed by atoms with van der Waals surface area (Å²) in [6.45, 7) is 5.63. The van der Waals surface area contributed by atoms with Gasteiger partial charge in [-0.3, -0.25) is 0 Å². The number of hydrogen-bond donors (Lipinski definition) is 1. The van der Waals surface area contributed by atoms with Gasteiger partial charge < -0.3 is 15.0 Å². The Bertz CT molecular complexity index is 413. The Morgan fingerprint density at radius 2 is 2.05 bits per heavy atom. The van der Waals surface area contributed by atoms with E-state index < -0.39 is 0 Å². The highest BCUT2D eigenvalue weighted by molar-refractivity contribution is 5.67. The third kappa shape index (κ3) is 3.81. The molecule has 0 atom stereocenters. The lowest BCUT2D eigenvalue weighted by Crippen LogP contribution is -2.42. The molecule has 104 valence electrons. The van der Waals surface area contributed by atoms with Crippen molar-refractivity contribution in [2.45, 2.75) is 32.7 Å². The van der Waals surface area contributed by atoms with E-state index in [-0.39, 0.29) is 6.09 Å². The maximum atomic E-state index is 11.6. The zero-order valence-corrected chi connectivity index (χ0v) is 11.4. The average Bonchev–Trinajstić information content (AvgIpc) is 2.42. The number of nitrogens with one attached hydrogen (secondary N) is 1. The van der Waals surface area contributed by atoms with Crippen molar-refractivity contribution in [1.82, 2.24) is 14.9 Å². The van der Waals surface area contributed by atoms with E-state index >= 15 is 0 Å². The number of aromatic nitrogens is 2. The van der Waals surface area contributed by atoms with Gasteiger partial charge in [0.05, 0.1) is 6.61 Å². The fraction of sp³-hybridized carbons (Fsp3) is 0.615. The van der Waals surface area contributed by atoms with Crippen LogP contribution in [0.1, 0.15) is 25.3 Å². The number of aryl methyl sites for hydroxylation is 1. The molecule has 0 saturated carbocycles. The maximum absolute atomic E-state index is 11.6. The first-order valence-electron chi connectivity index (χ1n) is 6.66. The summed E-state index contributed by atoms with van der Waals surface area (Å²) in [4.78, 5) is 21.8. The maximum Gasteiger partial charge on any atom is 0.409 e. The largest absolute Gasteiger partial charge is 0.450 e. The number of amides is 1. The Hall–Kier alpha value is -1.85. The topological polar surface area (TPSA) is 67.3 Å². The van der Waals surface area contributed by atoms with Gasteiger partial charge >= 0.3 is 6.09 Å². The SMILES string of the molecule is CCOC(=O)N1CCC(Nc2ncc(C)cn2)CC1. The molecule has 0 unspecified atom stereocenters. The van der Waals surface area contributed by atoms with Crippen molar-refractivity contribution in [2.75, 3.05) is 25.0 Å². The van der Waals surface area contributed by atoms with E-state index in [0.29, 0.717) is 31.7 Å². The van der Waals surface area contributed by atoms with Gasteiger partial charge in [0, 0.05) is 31.5 Å². The van der Waals surface area contributed by atoms with Crippen LogP contribution in [-0.2, 0) is 4.74 Å². The first-order valence-corrected chi connectivity index (χ1v) is 6.66. The Balaban J connectivity index is 1.80. The summed E-state index contributed by atoms with van der Waals surface area (Å²) in [5.41, 5.74) is 1.04. The molecule has 1 aliphatic rings. The van der Waals surface area contributed by atoms with Gasteiger partial charge in [0.15, 0.2) is 0 Å². The highest BCUT2D eigenvalue weighted by Gasteiger charge is 2.23. The molecule has 1 aromatic rings. The quantitative estimate of drug-likeness (QED) is 0.902. The van der Waals surface area contributed by atoms with Crippen LogP contribution in [0, 0.1) is 6.92 Å². The van der Waals surface area contributed by atoms with E-state index in [0.717, 1.165) is 18.4 Å². The summed E-state index contributed by atoms with van der Waals surface area (Å²) in [5.74, 6) is 0.653. The van der Waals surface area contributed by atoms with Crippen molar-refractivity contribution in [2.24, 2.45) is 0 Å². The number of rotatable bonds is 3. The summed E-state index contributed by atoms with van der Waals surface area (Å²) in [6.07, 6.45) is 5.14. The third-order valence-electron chi connectivity index (χ3n) is 3.14. The van der Waals surface area contributed by atoms with E-state index in [1.54, 1.807) is 17.3 Å². The number of anilines is 1. The summed E-state index contributed by atoms with van der Waals surface area (Å²) in [7, 11) is 0. The van der Waals surface area contributed by atoms with Crippen LogP contribution >= 0.6 is 0 Å². The van der Waals surface area contributed by atoms with Gasteiger partial charge in [0.2, 0.25) is 5.95 Å². The van der Waals surface area contributed by atoms with E-state index in [9.17, 15) is 4.79 Å². The standard InChI is InChI=1S/C13H20N4O2/c1-3-19-13(18)17-6-4-11(5-7-17)16-12-14-8-10(2)9-15-12/h8-9,11H,3-7H2,1-2H3,(H,14,15,16). The Labute approximate surface area is 113 Å². The predicted octanol–water partition coefficient (Wildman–Crippen LogP) is 1.82. The minimum Gasteiger partial charge on any atom is -0.450 e. The molecule has 19 heavy (non-hydrogen) atoms. The molecule has 1 aromatic heterocycles. The molecule has 1 fully saturated rings. The smallest absolute Gasteiger partial charge is 0.409 e. The van der Waals surface area contributed by atoms with E-state index in [1.165, 1.54) is 0 Å². The minimum atomic E-state index is -0.215. The molecule has 0 aliphatic carbocycles. The Morgan fingerprint density at radius 1 is 1.42 bits per heavy atom. The Kier molecular flexibility index (Phi) is 4.54. The van der Waals surface area contributed by atoms with Crippen molar-refractivity contribution in [1.29, 1.82) is 0 Å². The molecule has 1 aliphatic heterocycles. The van der Waals surface area contributed by atoms with E-state index in [2.05, 4.69) is 15.3 Å². The van der Waals surface area contributed by atoms with Crippen LogP contribution in [0.25, 0.3) is 0 Å². The van der Waals surface area contributed by atoms with Crippen LogP contribution < -0.4 is 5.32 Å². The molecule has 0 spiro atoms. The van der Waals surface area contributed by atoms with Gasteiger partial charge in [-0.2, -0.15) is 0 Å². The van der Waals surface area contributed by atoms with Crippen LogP contribution in [0.4, 0.5) is 10.7 Å². The van der Waals surface area contributed by atoms with E-state index in [4.69, 9.17) is 4.74 Å². The molecule has 6 heteroatoms. The summed E-state index contributed by atoms with van der Waals surface area (Å²) in [5, 5.41) is 3.30. The second-order valence-electron chi connectivity index (χ2n) is 4.69. The summed E-state index contributed by atoms with van der Waals surface area (Å²) < 4.78 is 4.99. The summed E-state index contributed by atoms with van der Waals surface area (Å²) >= 11 is 0. The fourth-order valence-electron chi connectivity index (χ4n) is 2.07. The van der Waals surface area contributed by atoms with Crippen LogP contribution in [0.3, 0.4) is 0 Å². The molecule has 6 nitrogen and oxygen atoms in total. The number of piperidine rings is 1. The predicted molar refractivity (Wildman–Crippen MR) is 72.0 cm³/mol. The first kappa shape index (κ1) is 13.6. The lowest BCUT2D eigenvalue weighted by Gasteiger charge is -2.31. The third-order valence-corrected chi connectivity index (χ3v) is 3.14. The van der Waals surface area contributed by atoms with Crippen molar-refractivity contribution in [3.05, 3.63) is 18.0 Å². The van der Waals surface area contributed by atoms with Crippen LogP contribution in [0.2, 0.25) is 0 Å². The van der Waals surface area contributed by atoms with Gasteiger partial charge in [-0.15, -0.1) is 0 Å². The number of carbonyl (C=O) groups excluding carboxylic acids is 1. The van der Waals surface area contributed by atoms with Gasteiger partial charge in [0.25, 0.3) is 0 Å². The molecule has 1 N–H and O–H groups in total. The number of likely N-dealkylation sites (tertiary alicyclic amines) is 1. The molecular weight excluding hydrogens is 244 g/mol.